The standard InChI is InChI=1S/C46H52N6O6.C38H44N6O6.C8H10O.CH4/c53-42-39-29-36(52-49-40(33-19-9-5-10-20-33)41(50-52)34-21-11-6-12-22-34)31-51(39)43(54)38(47-45(56)58-37-24-15-16-25-37)26-14-3-1-2-13-23-35-30-46(35,48-42)44(55)57-28-27-32-17-7-4-8-18-32;45-34-31-22-28(44-41-32(25-14-6-4-7-15-25)33(42-44)26-16-8-5-9-17-26)24-43(31)35(46)30(39-37(49)50-29-19-12-13-20-29)21-11-3-1-2-10-18-27-23-38(27,40-34)36(47)48;9-7-6-8-4-2-1-3-5-8;/h4-13,17-23,35-39H,1-3,14-16,24-31H2,(H,47,56)(H,48,53);4-10,14-18,27-31H,1-3,11-13,19-24H2,(H,39,49)(H,40,45)(H,47,48);1-5,9H,6-7H2;1H4/b23-13-;18-10-;;/t35?,36-,38+,39+,46-;27?,28-,30+,31+,38-;;/m11../s1. The predicted molar refractivity (Wildman–Crippen MR) is 447 cm³/mol. The van der Waals surface area contributed by atoms with Gasteiger partial charge in [0.15, 0.2) is 0 Å². The van der Waals surface area contributed by atoms with Gasteiger partial charge in [0.05, 0.1) is 18.7 Å². The van der Waals surface area contributed by atoms with E-state index in [0.29, 0.717) is 61.3 Å². The minimum absolute atomic E-state index is 0. The highest BCUT2D eigenvalue weighted by Gasteiger charge is 2.63. The number of carbonyl (C=O) groups is 8. The molecule has 25 nitrogen and oxygen atoms in total. The third-order valence-electron chi connectivity index (χ3n) is 23.8. The van der Waals surface area contributed by atoms with E-state index in [1.807, 2.05) is 200 Å². The summed E-state index contributed by atoms with van der Waals surface area (Å²) in [4.78, 5) is 117. The second-order valence-corrected chi connectivity index (χ2v) is 32.0. The van der Waals surface area contributed by atoms with Crippen molar-refractivity contribution in [3.8, 4) is 45.0 Å². The van der Waals surface area contributed by atoms with E-state index in [9.17, 15) is 43.5 Å². The lowest BCUT2D eigenvalue weighted by atomic mass is 10.0. The minimum atomic E-state index is -1.42. The monoisotopic (exact) mass is 1600 g/mol. The van der Waals surface area contributed by atoms with Gasteiger partial charge in [-0.05, 0) is 120 Å². The SMILES string of the molecule is C.O=C(N[C@H]1CCCCC/C=C\C2C[C@@]2(C(=O)O)NC(=O)[C@@H]2C[C@@H](n3nc(-c4ccccc4)c(-c4ccccc4)n3)CN2C1=O)OC1CCCC1.O=C(N[C@H]1CCCCC/C=C\C2C[C@@]2(C(=O)OCCc2ccccc2)NC(=O)[C@@H]2C[C@@H](n3nc(-c4ccccc4)c(-c4ccccc4)n3)CN2C1=O)OC1CCCC1.OCCc1ccccc1. The average molecular weight is 1600 g/mol. The largest absolute Gasteiger partial charge is 0.479 e. The molecule has 6 fully saturated rings. The van der Waals surface area contributed by atoms with Crippen molar-refractivity contribution in [3.63, 3.8) is 0 Å². The van der Waals surface area contributed by atoms with Crippen LogP contribution >= 0.6 is 0 Å². The molecule has 8 aliphatic rings. The lowest BCUT2D eigenvalue weighted by Crippen LogP contribution is -2.56. The number of hydrogen-bond donors (Lipinski definition) is 6. The van der Waals surface area contributed by atoms with E-state index in [4.69, 9.17) is 39.7 Å². The number of allylic oxidation sites excluding steroid dienone is 2. The Bertz CT molecular complexity index is 4640. The number of rotatable bonds is 17. The molecule has 10 atom stereocenters. The maximum absolute atomic E-state index is 14.8. The van der Waals surface area contributed by atoms with Crippen LogP contribution in [0.3, 0.4) is 0 Å². The van der Waals surface area contributed by atoms with Crippen LogP contribution in [0.25, 0.3) is 45.0 Å². The number of nitrogens with zero attached hydrogens (tertiary/aromatic N) is 8. The molecule has 118 heavy (non-hydrogen) atoms. The summed E-state index contributed by atoms with van der Waals surface area (Å²) in [6.07, 6.45) is 23.1. The summed E-state index contributed by atoms with van der Waals surface area (Å²) in [7, 11) is 0. The molecule has 2 saturated heterocycles. The average Bonchev–Trinajstić information content (AvgIpc) is 1.58. The van der Waals surface area contributed by atoms with E-state index >= 15 is 0 Å². The van der Waals surface area contributed by atoms with Crippen LogP contribution in [0.1, 0.15) is 172 Å². The van der Waals surface area contributed by atoms with Gasteiger partial charge in [-0.1, -0.05) is 239 Å². The maximum Gasteiger partial charge on any atom is 0.408 e. The van der Waals surface area contributed by atoms with Crippen LogP contribution in [0.4, 0.5) is 9.59 Å². The Hall–Kier alpha value is -11.6. The molecule has 6 heterocycles. The van der Waals surface area contributed by atoms with Crippen LogP contribution in [-0.4, -0.2) is 172 Å². The number of amides is 6. The molecule has 2 aromatic heterocycles. The number of carbonyl (C=O) groups excluding carboxylic acids is 7. The summed E-state index contributed by atoms with van der Waals surface area (Å²) in [5, 5.41) is 50.3. The molecule has 2 unspecified atom stereocenters. The summed E-state index contributed by atoms with van der Waals surface area (Å²) in [5.41, 5.74) is 5.81. The number of nitrogens with one attached hydrogen (secondary N) is 4. The molecule has 25 heteroatoms. The van der Waals surface area contributed by atoms with Crippen molar-refractivity contribution in [2.75, 3.05) is 26.3 Å². The first-order chi connectivity index (χ1) is 57.1. The van der Waals surface area contributed by atoms with Crippen LogP contribution in [-0.2, 0) is 55.8 Å². The van der Waals surface area contributed by atoms with E-state index in [0.717, 1.165) is 124 Å². The fourth-order valence-electron chi connectivity index (χ4n) is 17.1. The van der Waals surface area contributed by atoms with Crippen LogP contribution in [0, 0.1) is 11.8 Å². The van der Waals surface area contributed by atoms with Gasteiger partial charge < -0.3 is 55.5 Å². The first-order valence-corrected chi connectivity index (χ1v) is 41.9. The van der Waals surface area contributed by atoms with Gasteiger partial charge in [0.2, 0.25) is 23.6 Å². The van der Waals surface area contributed by atoms with Crippen molar-refractivity contribution in [1.29, 1.82) is 0 Å². The smallest absolute Gasteiger partial charge is 0.408 e. The molecule has 4 aliphatic heterocycles. The molecule has 4 aliphatic carbocycles. The highest BCUT2D eigenvalue weighted by Crippen LogP contribution is 2.48. The van der Waals surface area contributed by atoms with Crippen molar-refractivity contribution in [2.24, 2.45) is 11.8 Å². The summed E-state index contributed by atoms with van der Waals surface area (Å²) in [5.74, 6) is -3.91. The van der Waals surface area contributed by atoms with E-state index in [-0.39, 0.29) is 82.9 Å². The number of fused-ring (bicyclic) bond motifs is 4. The third kappa shape index (κ3) is 20.8. The first-order valence-electron chi connectivity index (χ1n) is 41.9. The number of aliphatic hydroxyl groups is 1. The number of aliphatic hydroxyl groups excluding tert-OH is 1. The number of carboxylic acids is 1. The second kappa shape index (κ2) is 40.0. The second-order valence-electron chi connectivity index (χ2n) is 32.0. The first kappa shape index (κ1) is 84.3. The van der Waals surface area contributed by atoms with Crippen molar-refractivity contribution < 1.29 is 62.8 Å². The molecule has 6 N–H and O–H groups in total. The summed E-state index contributed by atoms with van der Waals surface area (Å²) in [6, 6.07) is 54.1. The van der Waals surface area contributed by atoms with Gasteiger partial charge in [0.1, 0.15) is 70.2 Å². The van der Waals surface area contributed by atoms with E-state index in [1.165, 1.54) is 10.5 Å². The van der Waals surface area contributed by atoms with Crippen LogP contribution < -0.4 is 21.3 Å². The molecule has 6 aromatic carbocycles. The number of aromatic nitrogens is 6. The number of ether oxygens (including phenoxy) is 3. The van der Waals surface area contributed by atoms with Crippen LogP contribution in [0.2, 0.25) is 0 Å². The van der Waals surface area contributed by atoms with E-state index in [1.54, 1.807) is 14.5 Å². The number of benzene rings is 6. The Balaban J connectivity index is 0.000000185. The third-order valence-corrected chi connectivity index (χ3v) is 23.8. The number of carboxylic acid groups (broad SMARTS) is 1. The molecule has 4 saturated carbocycles. The van der Waals surface area contributed by atoms with Crippen molar-refractivity contribution in [2.45, 2.75) is 221 Å². The number of alkyl carbamates (subject to hydrolysis) is 2. The van der Waals surface area contributed by atoms with Crippen LogP contribution in [0.15, 0.2) is 206 Å². The van der Waals surface area contributed by atoms with Gasteiger partial charge >= 0.3 is 24.1 Å². The zero-order valence-electron chi connectivity index (χ0n) is 66.2. The lowest BCUT2D eigenvalue weighted by molar-refractivity contribution is -0.150. The normalized spacial score (nSPS) is 25.2. The quantitative estimate of drug-likeness (QED) is 0.0280. The summed E-state index contributed by atoms with van der Waals surface area (Å²) in [6.45, 7) is 0.648. The zero-order chi connectivity index (χ0) is 81.1. The Kier molecular flexibility index (Phi) is 28.6. The Labute approximate surface area is 689 Å². The molecule has 620 valence electrons. The van der Waals surface area contributed by atoms with Gasteiger partial charge in [-0.2, -0.15) is 30.0 Å². The number of hydrogen-bond acceptors (Lipinski definition) is 16. The van der Waals surface area contributed by atoms with Gasteiger partial charge in [-0.15, -0.1) is 0 Å². The van der Waals surface area contributed by atoms with Crippen LogP contribution in [0.5, 0.6) is 0 Å². The van der Waals surface area contributed by atoms with E-state index < -0.39 is 89.2 Å². The van der Waals surface area contributed by atoms with Gasteiger partial charge in [0, 0.05) is 73.0 Å². The van der Waals surface area contributed by atoms with Gasteiger partial charge in [0.25, 0.3) is 0 Å². The van der Waals surface area contributed by atoms with Gasteiger partial charge in [-0.25, -0.2) is 19.2 Å². The minimum Gasteiger partial charge on any atom is -0.479 e. The highest BCUT2D eigenvalue weighted by atomic mass is 16.6. The molecule has 0 spiro atoms. The predicted octanol–water partition coefficient (Wildman–Crippen LogP) is 14.1. The topological polar surface area (TPSA) is 321 Å². The number of esters is 1. The molecule has 6 amide bonds. The maximum atomic E-state index is 14.8. The molecular weight excluding hydrogens is 1490 g/mol. The Morgan fingerprint density at radius 1 is 0.449 bits per heavy atom. The molecular formula is C93H110N12O13. The molecule has 0 bridgehead atoms. The fourth-order valence-corrected chi connectivity index (χ4v) is 17.1. The summed E-state index contributed by atoms with van der Waals surface area (Å²) >= 11 is 0. The molecule has 0 radical (unpaired) electrons. The highest BCUT2D eigenvalue weighted by molar-refractivity contribution is 5.98. The van der Waals surface area contributed by atoms with Crippen molar-refractivity contribution in [1.82, 2.24) is 61.1 Å². The number of aliphatic carboxylic acids is 1. The molecule has 8 aromatic rings. The Morgan fingerprint density at radius 2 is 0.797 bits per heavy atom. The summed E-state index contributed by atoms with van der Waals surface area (Å²) < 4.78 is 17.3. The fraction of sp³-hybridized carbons (Fsp3) is 0.441. The lowest BCUT2D eigenvalue weighted by Gasteiger charge is -2.30. The van der Waals surface area contributed by atoms with Crippen molar-refractivity contribution in [3.05, 3.63) is 217 Å². The molecule has 16 rings (SSSR count). The van der Waals surface area contributed by atoms with E-state index in [2.05, 4.69) is 27.3 Å². The zero-order valence-corrected chi connectivity index (χ0v) is 66.2. The van der Waals surface area contributed by atoms with Crippen molar-refractivity contribution >= 4 is 47.8 Å². The Morgan fingerprint density at radius 3 is 1.18 bits per heavy atom. The van der Waals surface area contributed by atoms with Gasteiger partial charge in [-0.3, -0.25) is 19.2 Å².